The molecule has 0 spiro atoms. The molecule has 0 aliphatic heterocycles. The lowest BCUT2D eigenvalue weighted by Crippen LogP contribution is -2.42. The highest BCUT2D eigenvalue weighted by molar-refractivity contribution is 5.81. The summed E-state index contributed by atoms with van der Waals surface area (Å²) >= 11 is 0. The second kappa shape index (κ2) is 8.65. The van der Waals surface area contributed by atoms with Gasteiger partial charge in [0.25, 0.3) is 5.56 Å². The number of aromatic nitrogens is 3. The van der Waals surface area contributed by atoms with Gasteiger partial charge in [0.1, 0.15) is 17.3 Å². The van der Waals surface area contributed by atoms with Crippen molar-refractivity contribution < 1.29 is 9.53 Å². The van der Waals surface area contributed by atoms with Crippen molar-refractivity contribution in [2.45, 2.75) is 26.3 Å². The summed E-state index contributed by atoms with van der Waals surface area (Å²) in [5.41, 5.74) is 1.30. The molecular formula is C21H24N4O3. The van der Waals surface area contributed by atoms with E-state index in [1.165, 1.54) is 4.68 Å². The molecule has 1 aromatic heterocycles. The summed E-state index contributed by atoms with van der Waals surface area (Å²) in [6, 6.07) is 14.0. The molecule has 2 aromatic carbocycles. The molecule has 3 rings (SSSR count). The molecule has 0 radical (unpaired) electrons. The molecule has 0 bridgehead atoms. The van der Waals surface area contributed by atoms with E-state index < -0.39 is 6.04 Å². The molecule has 1 heterocycles. The minimum absolute atomic E-state index is 0.117. The fourth-order valence-corrected chi connectivity index (χ4v) is 3.11. The van der Waals surface area contributed by atoms with Crippen LogP contribution in [-0.4, -0.2) is 34.6 Å². The smallest absolute Gasteiger partial charge is 0.278 e. The number of methoxy groups -OCH3 is 1. The Bertz CT molecular complexity index is 1010. The van der Waals surface area contributed by atoms with Crippen LogP contribution in [0, 0.1) is 5.92 Å². The second-order valence-electron chi connectivity index (χ2n) is 6.93. The molecule has 7 nitrogen and oxygen atoms in total. The van der Waals surface area contributed by atoms with Crippen LogP contribution in [0.3, 0.4) is 0 Å². The Morgan fingerprint density at radius 2 is 1.86 bits per heavy atom. The van der Waals surface area contributed by atoms with E-state index in [9.17, 15) is 9.59 Å². The van der Waals surface area contributed by atoms with Crippen LogP contribution in [0.15, 0.2) is 53.3 Å². The normalized spacial score (nSPS) is 12.1. The van der Waals surface area contributed by atoms with Crippen molar-refractivity contribution in [1.29, 1.82) is 0 Å². The minimum atomic E-state index is -0.722. The van der Waals surface area contributed by atoms with Gasteiger partial charge in [0.2, 0.25) is 5.91 Å². The molecule has 0 fully saturated rings. The van der Waals surface area contributed by atoms with Gasteiger partial charge in [-0.3, -0.25) is 9.59 Å². The van der Waals surface area contributed by atoms with Gasteiger partial charge in [-0.25, -0.2) is 0 Å². The average Bonchev–Trinajstić information content (AvgIpc) is 2.70. The Kier molecular flexibility index (Phi) is 6.03. The van der Waals surface area contributed by atoms with Gasteiger partial charge in [-0.2, -0.15) is 4.68 Å². The third-order valence-electron chi connectivity index (χ3n) is 4.63. The van der Waals surface area contributed by atoms with E-state index in [0.717, 1.165) is 11.3 Å². The summed E-state index contributed by atoms with van der Waals surface area (Å²) in [5, 5.41) is 11.5. The number of fused-ring (bicyclic) bond motifs is 1. The predicted molar refractivity (Wildman–Crippen MR) is 107 cm³/mol. The zero-order valence-corrected chi connectivity index (χ0v) is 16.3. The van der Waals surface area contributed by atoms with E-state index in [-0.39, 0.29) is 17.4 Å². The molecular weight excluding hydrogens is 356 g/mol. The van der Waals surface area contributed by atoms with Crippen molar-refractivity contribution in [2.75, 3.05) is 13.7 Å². The first-order chi connectivity index (χ1) is 13.5. The predicted octanol–water partition coefficient (Wildman–Crippen LogP) is 2.36. The topological polar surface area (TPSA) is 86.1 Å². The summed E-state index contributed by atoms with van der Waals surface area (Å²) in [6.45, 7) is 4.23. The quantitative estimate of drug-likeness (QED) is 0.680. The molecule has 7 heteroatoms. The number of hydrogen-bond donors (Lipinski definition) is 1. The van der Waals surface area contributed by atoms with Crippen LogP contribution in [0.2, 0.25) is 0 Å². The molecule has 1 N–H and O–H groups in total. The summed E-state index contributed by atoms with van der Waals surface area (Å²) in [6.07, 6.45) is 0.679. The van der Waals surface area contributed by atoms with Crippen LogP contribution in [0.25, 0.3) is 10.9 Å². The Labute approximate surface area is 163 Å². The third-order valence-corrected chi connectivity index (χ3v) is 4.63. The summed E-state index contributed by atoms with van der Waals surface area (Å²) in [7, 11) is 1.62. The molecule has 0 saturated carbocycles. The Morgan fingerprint density at radius 1 is 1.14 bits per heavy atom. The average molecular weight is 380 g/mol. The number of hydrogen-bond acceptors (Lipinski definition) is 5. The van der Waals surface area contributed by atoms with Crippen LogP contribution in [0.1, 0.15) is 25.5 Å². The van der Waals surface area contributed by atoms with Gasteiger partial charge in [-0.05, 0) is 42.2 Å². The van der Waals surface area contributed by atoms with Crippen molar-refractivity contribution in [2.24, 2.45) is 5.92 Å². The van der Waals surface area contributed by atoms with Crippen LogP contribution < -0.4 is 15.6 Å². The van der Waals surface area contributed by atoms with Crippen molar-refractivity contribution in [1.82, 2.24) is 20.3 Å². The van der Waals surface area contributed by atoms with E-state index in [0.29, 0.717) is 23.9 Å². The van der Waals surface area contributed by atoms with E-state index in [1.54, 1.807) is 31.4 Å². The molecule has 146 valence electrons. The molecule has 0 aliphatic carbocycles. The molecule has 1 amide bonds. The maximum absolute atomic E-state index is 12.8. The van der Waals surface area contributed by atoms with Gasteiger partial charge in [-0.1, -0.05) is 43.3 Å². The molecule has 3 aromatic rings. The minimum Gasteiger partial charge on any atom is -0.497 e. The van der Waals surface area contributed by atoms with Gasteiger partial charge in [-0.15, -0.1) is 5.10 Å². The van der Waals surface area contributed by atoms with Gasteiger partial charge in [0.05, 0.1) is 12.5 Å². The van der Waals surface area contributed by atoms with Crippen molar-refractivity contribution in [3.63, 3.8) is 0 Å². The maximum atomic E-state index is 12.8. The molecule has 0 aliphatic rings. The van der Waals surface area contributed by atoms with Gasteiger partial charge >= 0.3 is 0 Å². The number of rotatable bonds is 7. The van der Waals surface area contributed by atoms with E-state index in [1.807, 2.05) is 38.1 Å². The lowest BCUT2D eigenvalue weighted by Gasteiger charge is -2.21. The highest BCUT2D eigenvalue weighted by Gasteiger charge is 2.27. The highest BCUT2D eigenvalue weighted by Crippen LogP contribution is 2.16. The zero-order chi connectivity index (χ0) is 20.1. The molecule has 28 heavy (non-hydrogen) atoms. The van der Waals surface area contributed by atoms with Gasteiger partial charge < -0.3 is 10.1 Å². The van der Waals surface area contributed by atoms with E-state index >= 15 is 0 Å². The summed E-state index contributed by atoms with van der Waals surface area (Å²) in [5.74, 6) is 0.436. The fourth-order valence-electron chi connectivity index (χ4n) is 3.11. The van der Waals surface area contributed by atoms with Crippen LogP contribution in [0.4, 0.5) is 0 Å². The number of ether oxygens (including phenoxy) is 1. The lowest BCUT2D eigenvalue weighted by molar-refractivity contribution is -0.126. The second-order valence-corrected chi connectivity index (χ2v) is 6.93. The Hall–Kier alpha value is -3.22. The SMILES string of the molecule is COc1ccc(CCNC(=O)[C@@H](C(C)C)n2nnc3ccccc3c2=O)cc1. The molecule has 0 saturated heterocycles. The number of carbonyl (C=O) groups excluding carboxylic acids is 1. The van der Waals surface area contributed by atoms with Crippen molar-refractivity contribution in [3.05, 3.63) is 64.4 Å². The van der Waals surface area contributed by atoms with Crippen molar-refractivity contribution >= 4 is 16.8 Å². The third kappa shape index (κ3) is 4.19. The van der Waals surface area contributed by atoms with Gasteiger partial charge in [0, 0.05) is 6.54 Å². The van der Waals surface area contributed by atoms with E-state index in [4.69, 9.17) is 4.74 Å². The van der Waals surface area contributed by atoms with Gasteiger partial charge in [0.15, 0.2) is 0 Å². The van der Waals surface area contributed by atoms with Crippen LogP contribution >= 0.6 is 0 Å². The highest BCUT2D eigenvalue weighted by atomic mass is 16.5. The number of carbonyl (C=O) groups is 1. The van der Waals surface area contributed by atoms with Crippen LogP contribution in [0.5, 0.6) is 5.75 Å². The largest absolute Gasteiger partial charge is 0.497 e. The summed E-state index contributed by atoms with van der Waals surface area (Å²) in [4.78, 5) is 25.6. The number of nitrogens with zero attached hydrogens (tertiary/aromatic N) is 3. The van der Waals surface area contributed by atoms with E-state index in [2.05, 4.69) is 15.6 Å². The molecule has 1 atom stereocenters. The number of benzene rings is 2. The van der Waals surface area contributed by atoms with Crippen molar-refractivity contribution in [3.8, 4) is 5.75 Å². The first kappa shape index (κ1) is 19.5. The monoisotopic (exact) mass is 380 g/mol. The Balaban J connectivity index is 1.74. The molecule has 0 unspecified atom stereocenters. The standard InChI is InChI=1S/C21H24N4O3/c1-14(2)19(25-21(27)17-6-4-5-7-18(17)23-24-25)20(26)22-13-12-15-8-10-16(28-3)11-9-15/h4-11,14,19H,12-13H2,1-3H3,(H,22,26)/t19-/m1/s1. The Morgan fingerprint density at radius 3 is 2.54 bits per heavy atom. The number of nitrogens with one attached hydrogen (secondary N) is 1. The first-order valence-corrected chi connectivity index (χ1v) is 9.26. The number of amides is 1. The van der Waals surface area contributed by atoms with Crippen LogP contribution in [-0.2, 0) is 11.2 Å². The fraction of sp³-hybridized carbons (Fsp3) is 0.333. The lowest BCUT2D eigenvalue weighted by atomic mass is 10.0. The summed E-state index contributed by atoms with van der Waals surface area (Å²) < 4.78 is 6.34. The maximum Gasteiger partial charge on any atom is 0.278 e. The zero-order valence-electron chi connectivity index (χ0n) is 16.3. The first-order valence-electron chi connectivity index (χ1n) is 9.26.